The van der Waals surface area contributed by atoms with Gasteiger partial charge in [0.1, 0.15) is 5.54 Å². The van der Waals surface area contributed by atoms with Crippen molar-refractivity contribution in [1.82, 2.24) is 10.6 Å². The zero-order valence-corrected chi connectivity index (χ0v) is 8.84. The number of imide groups is 1. The second-order valence-electron chi connectivity index (χ2n) is 4.23. The maximum Gasteiger partial charge on any atom is 0.322 e. The molecule has 2 N–H and O–H groups in total. The SMILES string of the molecule is CCCC1CC2(CCO1)NC(=O)NC2=O. The van der Waals surface area contributed by atoms with Gasteiger partial charge in [-0.2, -0.15) is 0 Å². The number of amides is 3. The first-order valence-corrected chi connectivity index (χ1v) is 5.41. The molecule has 0 aromatic heterocycles. The minimum atomic E-state index is -0.699. The van der Waals surface area contributed by atoms with Crippen LogP contribution in [0.15, 0.2) is 0 Å². The molecule has 0 radical (unpaired) electrons. The third kappa shape index (κ3) is 1.84. The van der Waals surface area contributed by atoms with Crippen molar-refractivity contribution in [2.75, 3.05) is 6.61 Å². The Balaban J connectivity index is 2.08. The fourth-order valence-corrected chi connectivity index (χ4v) is 2.30. The Kier molecular flexibility index (Phi) is 2.65. The summed E-state index contributed by atoms with van der Waals surface area (Å²) in [6, 6.07) is -0.378. The number of hydrogen-bond donors (Lipinski definition) is 2. The molecule has 2 unspecified atom stereocenters. The molecule has 2 aliphatic heterocycles. The van der Waals surface area contributed by atoms with Crippen LogP contribution >= 0.6 is 0 Å². The van der Waals surface area contributed by atoms with Gasteiger partial charge in [0, 0.05) is 19.4 Å². The monoisotopic (exact) mass is 212 g/mol. The Hall–Kier alpha value is -1.10. The maximum atomic E-state index is 11.7. The number of urea groups is 1. The predicted octanol–water partition coefficient (Wildman–Crippen LogP) is 0.544. The van der Waals surface area contributed by atoms with Gasteiger partial charge in [0.05, 0.1) is 6.10 Å². The van der Waals surface area contributed by atoms with Crippen LogP contribution in [-0.4, -0.2) is 30.2 Å². The van der Waals surface area contributed by atoms with E-state index in [0.717, 1.165) is 12.8 Å². The summed E-state index contributed by atoms with van der Waals surface area (Å²) < 4.78 is 5.56. The fourth-order valence-electron chi connectivity index (χ4n) is 2.30. The number of ether oxygens (including phenoxy) is 1. The van der Waals surface area contributed by atoms with E-state index in [4.69, 9.17) is 4.74 Å². The summed E-state index contributed by atoms with van der Waals surface area (Å²) in [5.74, 6) is -0.197. The van der Waals surface area contributed by atoms with Crippen LogP contribution in [0.2, 0.25) is 0 Å². The first-order valence-electron chi connectivity index (χ1n) is 5.41. The molecule has 2 rings (SSSR count). The summed E-state index contributed by atoms with van der Waals surface area (Å²) in [7, 11) is 0. The van der Waals surface area contributed by atoms with Gasteiger partial charge in [-0.05, 0) is 6.42 Å². The van der Waals surface area contributed by atoms with Crippen molar-refractivity contribution in [1.29, 1.82) is 0 Å². The Morgan fingerprint density at radius 1 is 1.53 bits per heavy atom. The van der Waals surface area contributed by atoms with Crippen LogP contribution in [0.3, 0.4) is 0 Å². The van der Waals surface area contributed by atoms with Gasteiger partial charge in [-0.3, -0.25) is 10.1 Å². The Morgan fingerprint density at radius 2 is 2.33 bits per heavy atom. The summed E-state index contributed by atoms with van der Waals surface area (Å²) in [5.41, 5.74) is -0.699. The highest BCUT2D eigenvalue weighted by Gasteiger charge is 2.49. The molecule has 2 fully saturated rings. The minimum Gasteiger partial charge on any atom is -0.378 e. The summed E-state index contributed by atoms with van der Waals surface area (Å²) in [4.78, 5) is 22.8. The van der Waals surface area contributed by atoms with Crippen molar-refractivity contribution in [3.05, 3.63) is 0 Å². The molecule has 3 amide bonds. The second kappa shape index (κ2) is 3.81. The topological polar surface area (TPSA) is 67.4 Å². The van der Waals surface area contributed by atoms with Crippen LogP contribution in [0, 0.1) is 0 Å². The third-order valence-corrected chi connectivity index (χ3v) is 3.08. The third-order valence-electron chi connectivity index (χ3n) is 3.08. The molecule has 2 saturated heterocycles. The molecule has 5 heteroatoms. The molecule has 1 spiro atoms. The number of carbonyl (C=O) groups excluding carboxylic acids is 2. The highest BCUT2D eigenvalue weighted by atomic mass is 16.5. The van der Waals surface area contributed by atoms with E-state index in [1.54, 1.807) is 0 Å². The molecule has 84 valence electrons. The molecule has 0 saturated carbocycles. The van der Waals surface area contributed by atoms with Crippen molar-refractivity contribution in [3.63, 3.8) is 0 Å². The number of carbonyl (C=O) groups is 2. The van der Waals surface area contributed by atoms with Crippen molar-refractivity contribution >= 4 is 11.9 Å². The zero-order chi connectivity index (χ0) is 10.9. The van der Waals surface area contributed by atoms with E-state index in [2.05, 4.69) is 17.6 Å². The van der Waals surface area contributed by atoms with Crippen LogP contribution in [0.4, 0.5) is 4.79 Å². The molecule has 15 heavy (non-hydrogen) atoms. The second-order valence-corrected chi connectivity index (χ2v) is 4.23. The minimum absolute atomic E-state index is 0.0906. The molecule has 0 aromatic carbocycles. The molecule has 5 nitrogen and oxygen atoms in total. The van der Waals surface area contributed by atoms with Gasteiger partial charge >= 0.3 is 6.03 Å². The van der Waals surface area contributed by atoms with Crippen LogP contribution in [-0.2, 0) is 9.53 Å². The van der Waals surface area contributed by atoms with Gasteiger partial charge in [-0.15, -0.1) is 0 Å². The zero-order valence-electron chi connectivity index (χ0n) is 8.84. The van der Waals surface area contributed by atoms with Gasteiger partial charge in [0.15, 0.2) is 0 Å². The van der Waals surface area contributed by atoms with Crippen LogP contribution < -0.4 is 10.6 Å². The van der Waals surface area contributed by atoms with Crippen LogP contribution in [0.1, 0.15) is 32.6 Å². The largest absolute Gasteiger partial charge is 0.378 e. The lowest BCUT2D eigenvalue weighted by Crippen LogP contribution is -2.53. The van der Waals surface area contributed by atoms with E-state index < -0.39 is 5.54 Å². The Labute approximate surface area is 88.5 Å². The van der Waals surface area contributed by atoms with Crippen molar-refractivity contribution in [2.45, 2.75) is 44.2 Å². The van der Waals surface area contributed by atoms with E-state index in [9.17, 15) is 9.59 Å². The first-order chi connectivity index (χ1) is 7.16. The summed E-state index contributed by atoms with van der Waals surface area (Å²) in [6.45, 7) is 2.62. The van der Waals surface area contributed by atoms with E-state index in [0.29, 0.717) is 19.4 Å². The maximum absolute atomic E-state index is 11.7. The normalized spacial score (nSPS) is 35.4. The Bertz CT molecular complexity index is 290. The van der Waals surface area contributed by atoms with Gasteiger partial charge in [-0.25, -0.2) is 4.79 Å². The molecule has 2 heterocycles. The number of nitrogens with one attached hydrogen (secondary N) is 2. The van der Waals surface area contributed by atoms with Gasteiger partial charge in [0.25, 0.3) is 5.91 Å². The number of rotatable bonds is 2. The average Bonchev–Trinajstić information content (AvgIpc) is 2.42. The molecule has 0 aliphatic carbocycles. The summed E-state index contributed by atoms with van der Waals surface area (Å²) in [6.07, 6.45) is 3.22. The van der Waals surface area contributed by atoms with Crippen molar-refractivity contribution in [2.24, 2.45) is 0 Å². The molecule has 2 atom stereocenters. The molecule has 0 aromatic rings. The van der Waals surface area contributed by atoms with Crippen molar-refractivity contribution in [3.8, 4) is 0 Å². The summed E-state index contributed by atoms with van der Waals surface area (Å²) in [5, 5.41) is 5.02. The Morgan fingerprint density at radius 3 is 2.93 bits per heavy atom. The van der Waals surface area contributed by atoms with Crippen LogP contribution in [0.5, 0.6) is 0 Å². The average molecular weight is 212 g/mol. The quantitative estimate of drug-likeness (QED) is 0.657. The fraction of sp³-hybridized carbons (Fsp3) is 0.800. The molecule has 0 bridgehead atoms. The molecular weight excluding hydrogens is 196 g/mol. The van der Waals surface area contributed by atoms with E-state index >= 15 is 0 Å². The van der Waals surface area contributed by atoms with Gasteiger partial charge in [0.2, 0.25) is 0 Å². The predicted molar refractivity (Wildman–Crippen MR) is 53.3 cm³/mol. The van der Waals surface area contributed by atoms with E-state index in [1.807, 2.05) is 0 Å². The van der Waals surface area contributed by atoms with Crippen molar-refractivity contribution < 1.29 is 14.3 Å². The van der Waals surface area contributed by atoms with E-state index in [1.165, 1.54) is 0 Å². The number of hydrogen-bond acceptors (Lipinski definition) is 3. The van der Waals surface area contributed by atoms with E-state index in [-0.39, 0.29) is 18.0 Å². The first kappa shape index (κ1) is 10.4. The summed E-state index contributed by atoms with van der Waals surface area (Å²) >= 11 is 0. The lowest BCUT2D eigenvalue weighted by atomic mass is 9.85. The standard InChI is InChI=1S/C10H16N2O3/c1-2-3-7-6-10(4-5-15-7)8(13)11-9(14)12-10/h7H,2-6H2,1H3,(H2,11,12,13,14). The lowest BCUT2D eigenvalue weighted by molar-refractivity contribution is -0.130. The van der Waals surface area contributed by atoms with Crippen LogP contribution in [0.25, 0.3) is 0 Å². The van der Waals surface area contributed by atoms with Gasteiger partial charge < -0.3 is 10.1 Å². The highest BCUT2D eigenvalue weighted by molar-refractivity contribution is 6.07. The lowest BCUT2D eigenvalue weighted by Gasteiger charge is -2.35. The molecular formula is C10H16N2O3. The molecule has 2 aliphatic rings. The highest BCUT2D eigenvalue weighted by Crippen LogP contribution is 2.29. The smallest absolute Gasteiger partial charge is 0.322 e. The van der Waals surface area contributed by atoms with Gasteiger partial charge in [-0.1, -0.05) is 13.3 Å².